The number of fused-ring (bicyclic) bond motifs is 1. The molecular weight excluding hydrogens is 286 g/mol. The summed E-state index contributed by atoms with van der Waals surface area (Å²) in [4.78, 5) is 26.4. The number of hydrogen-bond donors (Lipinski definition) is 0. The molecule has 0 saturated heterocycles. The van der Waals surface area contributed by atoms with Crippen LogP contribution in [0.25, 0.3) is 0 Å². The monoisotopic (exact) mass is 305 g/mol. The van der Waals surface area contributed by atoms with Gasteiger partial charge in [-0.05, 0) is 18.6 Å². The molecule has 5 heteroatoms. The highest BCUT2D eigenvalue weighted by atomic mass is 32.2. The Kier molecular flexibility index (Phi) is 5.44. The number of carbonyl (C=O) groups is 2. The largest absolute Gasteiger partial charge is 0.469 e. The van der Waals surface area contributed by atoms with Crippen molar-refractivity contribution in [1.29, 1.82) is 0 Å². The summed E-state index contributed by atoms with van der Waals surface area (Å²) < 4.78 is 4.53. The lowest BCUT2D eigenvalue weighted by Crippen LogP contribution is -2.20. The summed E-state index contributed by atoms with van der Waals surface area (Å²) >= 11 is 1.57. The number of para-hydroxylation sites is 1. The first-order chi connectivity index (χ1) is 10.2. The Labute approximate surface area is 129 Å². The SMILES string of the molecule is CCCCN1/C(=C\C(=O)CC(=O)OC)Sc2ccccc21. The number of nitrogens with zero attached hydrogens (tertiary/aromatic N) is 1. The highest BCUT2D eigenvalue weighted by Gasteiger charge is 2.25. The minimum absolute atomic E-state index is 0.210. The molecule has 1 aromatic carbocycles. The van der Waals surface area contributed by atoms with Crippen molar-refractivity contribution < 1.29 is 14.3 Å². The van der Waals surface area contributed by atoms with Crippen LogP contribution < -0.4 is 4.90 Å². The number of hydrogen-bond acceptors (Lipinski definition) is 5. The van der Waals surface area contributed by atoms with Gasteiger partial charge >= 0.3 is 5.97 Å². The zero-order chi connectivity index (χ0) is 15.2. The Bertz CT molecular complexity index is 568. The van der Waals surface area contributed by atoms with E-state index < -0.39 is 5.97 Å². The van der Waals surface area contributed by atoms with Crippen molar-refractivity contribution in [3.05, 3.63) is 35.4 Å². The molecule has 0 saturated carbocycles. The van der Waals surface area contributed by atoms with E-state index in [0.717, 1.165) is 35.0 Å². The summed E-state index contributed by atoms with van der Waals surface area (Å²) in [5.41, 5.74) is 1.13. The number of rotatable bonds is 6. The molecule has 0 amide bonds. The number of ketones is 1. The average molecular weight is 305 g/mol. The van der Waals surface area contributed by atoms with E-state index in [9.17, 15) is 9.59 Å². The second-order valence-electron chi connectivity index (χ2n) is 4.78. The molecule has 4 nitrogen and oxygen atoms in total. The lowest BCUT2D eigenvalue weighted by Gasteiger charge is -2.19. The van der Waals surface area contributed by atoms with Crippen LogP contribution in [0, 0.1) is 0 Å². The van der Waals surface area contributed by atoms with Crippen LogP contribution in [0.3, 0.4) is 0 Å². The van der Waals surface area contributed by atoms with Gasteiger partial charge in [0.15, 0.2) is 5.78 Å². The maximum absolute atomic E-state index is 11.9. The number of carbonyl (C=O) groups excluding carboxylic acids is 2. The van der Waals surface area contributed by atoms with Gasteiger partial charge in [0.25, 0.3) is 0 Å². The number of anilines is 1. The quantitative estimate of drug-likeness (QED) is 0.458. The minimum atomic E-state index is -0.502. The molecule has 0 fully saturated rings. The number of benzene rings is 1. The molecule has 0 atom stereocenters. The van der Waals surface area contributed by atoms with Crippen molar-refractivity contribution in [3.63, 3.8) is 0 Å². The maximum atomic E-state index is 11.9. The third-order valence-electron chi connectivity index (χ3n) is 3.20. The highest BCUT2D eigenvalue weighted by molar-refractivity contribution is 8.03. The van der Waals surface area contributed by atoms with Gasteiger partial charge in [-0.15, -0.1) is 0 Å². The van der Waals surface area contributed by atoms with E-state index in [1.165, 1.54) is 7.11 Å². The molecule has 1 aromatic rings. The van der Waals surface area contributed by atoms with Crippen molar-refractivity contribution in [1.82, 2.24) is 0 Å². The van der Waals surface area contributed by atoms with E-state index in [2.05, 4.69) is 22.6 Å². The van der Waals surface area contributed by atoms with E-state index >= 15 is 0 Å². The van der Waals surface area contributed by atoms with Gasteiger partial charge in [-0.1, -0.05) is 37.2 Å². The smallest absolute Gasteiger partial charge is 0.313 e. The third-order valence-corrected chi connectivity index (χ3v) is 4.32. The molecule has 0 unspecified atom stereocenters. The van der Waals surface area contributed by atoms with Crippen LogP contribution in [0.5, 0.6) is 0 Å². The normalized spacial score (nSPS) is 15.1. The van der Waals surface area contributed by atoms with E-state index in [1.807, 2.05) is 18.2 Å². The molecule has 0 aliphatic carbocycles. The lowest BCUT2D eigenvalue weighted by molar-refractivity contribution is -0.142. The summed E-state index contributed by atoms with van der Waals surface area (Å²) in [7, 11) is 1.29. The zero-order valence-electron chi connectivity index (χ0n) is 12.3. The summed E-state index contributed by atoms with van der Waals surface area (Å²) in [5, 5.41) is 0.888. The van der Waals surface area contributed by atoms with Crippen LogP contribution in [-0.2, 0) is 14.3 Å². The molecule has 2 rings (SSSR count). The summed E-state index contributed by atoms with van der Waals surface area (Å²) in [6, 6.07) is 8.09. The number of allylic oxidation sites excluding steroid dienone is 1. The van der Waals surface area contributed by atoms with Gasteiger partial charge in [-0.3, -0.25) is 9.59 Å². The first-order valence-electron chi connectivity index (χ1n) is 7.01. The second-order valence-corrected chi connectivity index (χ2v) is 5.84. The fraction of sp³-hybridized carbons (Fsp3) is 0.375. The molecule has 0 spiro atoms. The standard InChI is InChI=1S/C16H19NO3S/c1-3-4-9-17-13-7-5-6-8-14(13)21-15(17)10-12(18)11-16(19)20-2/h5-8,10H,3-4,9,11H2,1-2H3/b15-10+. The van der Waals surface area contributed by atoms with Gasteiger partial charge in [-0.25, -0.2) is 0 Å². The molecule has 1 aliphatic rings. The summed E-state index contributed by atoms with van der Waals surface area (Å²) in [6.07, 6.45) is 3.49. The topological polar surface area (TPSA) is 46.6 Å². The van der Waals surface area contributed by atoms with Crippen LogP contribution >= 0.6 is 11.8 Å². The molecular formula is C16H19NO3S. The average Bonchev–Trinajstić information content (AvgIpc) is 2.82. The Morgan fingerprint density at radius 1 is 1.33 bits per heavy atom. The van der Waals surface area contributed by atoms with Crippen molar-refractivity contribution in [2.45, 2.75) is 31.1 Å². The van der Waals surface area contributed by atoms with Crippen LogP contribution in [-0.4, -0.2) is 25.4 Å². The first-order valence-corrected chi connectivity index (χ1v) is 7.83. The van der Waals surface area contributed by atoms with Crippen LogP contribution in [0.4, 0.5) is 5.69 Å². The number of unbranched alkanes of at least 4 members (excludes halogenated alkanes) is 1. The number of methoxy groups -OCH3 is 1. The van der Waals surface area contributed by atoms with Gasteiger partial charge in [0.2, 0.25) is 0 Å². The van der Waals surface area contributed by atoms with Crippen molar-refractivity contribution in [2.75, 3.05) is 18.6 Å². The van der Waals surface area contributed by atoms with E-state index in [4.69, 9.17) is 0 Å². The molecule has 21 heavy (non-hydrogen) atoms. The molecule has 0 N–H and O–H groups in total. The van der Waals surface area contributed by atoms with Crippen LogP contribution in [0.15, 0.2) is 40.3 Å². The van der Waals surface area contributed by atoms with Gasteiger partial charge in [0, 0.05) is 17.5 Å². The van der Waals surface area contributed by atoms with Crippen LogP contribution in [0.1, 0.15) is 26.2 Å². The fourth-order valence-corrected chi connectivity index (χ4v) is 3.26. The summed E-state index contributed by atoms with van der Waals surface area (Å²) in [6.45, 7) is 3.01. The van der Waals surface area contributed by atoms with Gasteiger partial charge < -0.3 is 9.64 Å². The van der Waals surface area contributed by atoms with Gasteiger partial charge in [-0.2, -0.15) is 0 Å². The highest BCUT2D eigenvalue weighted by Crippen LogP contribution is 2.45. The van der Waals surface area contributed by atoms with Crippen LogP contribution in [0.2, 0.25) is 0 Å². The Morgan fingerprint density at radius 2 is 2.10 bits per heavy atom. The number of ether oxygens (including phenoxy) is 1. The van der Waals surface area contributed by atoms with Gasteiger partial charge in [0.1, 0.15) is 6.42 Å². The molecule has 0 aromatic heterocycles. The maximum Gasteiger partial charge on any atom is 0.313 e. The minimum Gasteiger partial charge on any atom is -0.469 e. The molecule has 1 heterocycles. The third kappa shape index (κ3) is 3.88. The van der Waals surface area contributed by atoms with Crippen molar-refractivity contribution in [2.24, 2.45) is 0 Å². The van der Waals surface area contributed by atoms with E-state index in [1.54, 1.807) is 17.8 Å². The molecule has 0 radical (unpaired) electrons. The van der Waals surface area contributed by atoms with E-state index in [-0.39, 0.29) is 12.2 Å². The molecule has 0 bridgehead atoms. The fourth-order valence-electron chi connectivity index (χ4n) is 2.11. The predicted molar refractivity (Wildman–Crippen MR) is 84.3 cm³/mol. The first kappa shape index (κ1) is 15.6. The lowest BCUT2D eigenvalue weighted by atomic mass is 10.2. The van der Waals surface area contributed by atoms with Crippen molar-refractivity contribution >= 4 is 29.2 Å². The Morgan fingerprint density at radius 3 is 2.81 bits per heavy atom. The predicted octanol–water partition coefficient (Wildman–Crippen LogP) is 3.37. The Balaban J connectivity index is 2.18. The van der Waals surface area contributed by atoms with Crippen molar-refractivity contribution in [3.8, 4) is 0 Å². The second kappa shape index (κ2) is 7.31. The molecule has 112 valence electrons. The zero-order valence-corrected chi connectivity index (χ0v) is 13.1. The number of thioether (sulfide) groups is 1. The summed E-state index contributed by atoms with van der Waals surface area (Å²) in [5.74, 6) is -0.726. The molecule has 1 aliphatic heterocycles. The van der Waals surface area contributed by atoms with E-state index in [0.29, 0.717) is 0 Å². The van der Waals surface area contributed by atoms with Gasteiger partial charge in [0.05, 0.1) is 17.8 Å². The Hall–Kier alpha value is -1.75. The number of esters is 1.